The maximum Gasteiger partial charge on any atom is 0.131 e. The molecule has 0 N–H and O–H groups in total. The first-order chi connectivity index (χ1) is 27.2. The Morgan fingerprint density at radius 2 is 0.673 bits per heavy atom. The van der Waals surface area contributed by atoms with Crippen molar-refractivity contribution in [2.24, 2.45) is 0 Å². The zero-order valence-corrected chi connectivity index (χ0v) is 30.3. The Morgan fingerprint density at radius 3 is 0.964 bits per heavy atom. The summed E-state index contributed by atoms with van der Waals surface area (Å²) in [7, 11) is 0. The summed E-state index contributed by atoms with van der Waals surface area (Å²) < 4.78 is 73.8. The summed E-state index contributed by atoms with van der Waals surface area (Å²) in [5, 5.41) is 0. The van der Waals surface area contributed by atoms with Crippen molar-refractivity contribution >= 4 is 0 Å². The van der Waals surface area contributed by atoms with Crippen LogP contribution in [0.4, 0.5) is 0 Å². The first-order valence-electron chi connectivity index (χ1n) is 19.2. The van der Waals surface area contributed by atoms with Gasteiger partial charge in [-0.1, -0.05) is 48.5 Å². The van der Waals surface area contributed by atoms with Crippen molar-refractivity contribution in [2.75, 3.05) is 79.3 Å². The van der Waals surface area contributed by atoms with E-state index in [0.29, 0.717) is 114 Å². The fourth-order valence-corrected chi connectivity index (χ4v) is 7.49. The molecule has 0 saturated carbocycles. The van der Waals surface area contributed by atoms with Gasteiger partial charge in [-0.25, -0.2) is 0 Å². The predicted octanol–water partition coefficient (Wildman–Crippen LogP) is 4.72. The summed E-state index contributed by atoms with van der Waals surface area (Å²) >= 11 is 0. The standard InChI is InChI=1S/C43H42O12/c1-3-7-35-33(5-1)34-6-2-4-8-36(34)43(35,41-37(52-21-29-17-48-29)9-25(44-13-27-15-46-27)10-38(41)53-22-30-18-49-30)42-39(54-23-31-19-50-31)11-26(45-14-28-16-47-28)12-40(42)55-24-32-20-51-32/h1-12,27-32H,13-24H2. The molecular weight excluding hydrogens is 708 g/mol. The van der Waals surface area contributed by atoms with E-state index in [1.54, 1.807) is 0 Å². The van der Waals surface area contributed by atoms with E-state index in [9.17, 15) is 0 Å². The van der Waals surface area contributed by atoms with Crippen LogP contribution in [0.3, 0.4) is 0 Å². The molecule has 6 unspecified atom stereocenters. The highest BCUT2D eigenvalue weighted by Gasteiger charge is 2.53. The van der Waals surface area contributed by atoms with Crippen molar-refractivity contribution < 1.29 is 56.8 Å². The summed E-state index contributed by atoms with van der Waals surface area (Å²) in [5.41, 5.74) is 4.70. The Balaban J connectivity index is 1.18. The zero-order valence-electron chi connectivity index (χ0n) is 30.3. The third kappa shape index (κ3) is 7.07. The quantitative estimate of drug-likeness (QED) is 0.102. The van der Waals surface area contributed by atoms with Crippen LogP contribution < -0.4 is 28.4 Å². The zero-order chi connectivity index (χ0) is 36.3. The van der Waals surface area contributed by atoms with Gasteiger partial charge < -0.3 is 56.8 Å². The molecule has 55 heavy (non-hydrogen) atoms. The van der Waals surface area contributed by atoms with Gasteiger partial charge in [0.05, 0.1) is 56.2 Å². The molecule has 4 aromatic rings. The number of hydrogen-bond acceptors (Lipinski definition) is 12. The van der Waals surface area contributed by atoms with Crippen molar-refractivity contribution in [2.45, 2.75) is 42.0 Å². The SMILES string of the molecule is c1ccc2c(c1)-c1ccccc1C2(c1c(OCC2CO2)cc(OCC2CO2)cc1OCC1CO1)c1c(OCC2CO2)cc(OCC2CO2)cc1OCC1CO1. The molecule has 4 aromatic carbocycles. The van der Waals surface area contributed by atoms with Crippen molar-refractivity contribution in [3.05, 3.63) is 95.1 Å². The summed E-state index contributed by atoms with van der Waals surface area (Å²) in [6.45, 7) is 6.16. The monoisotopic (exact) mass is 750 g/mol. The van der Waals surface area contributed by atoms with Crippen molar-refractivity contribution in [3.63, 3.8) is 0 Å². The molecule has 7 aliphatic rings. The summed E-state index contributed by atoms with van der Waals surface area (Å²) in [6, 6.07) is 24.9. The lowest BCUT2D eigenvalue weighted by molar-refractivity contribution is 0.231. The number of ether oxygens (including phenoxy) is 12. The van der Waals surface area contributed by atoms with Gasteiger partial charge in [0, 0.05) is 24.3 Å². The van der Waals surface area contributed by atoms with E-state index in [2.05, 4.69) is 48.5 Å². The molecule has 0 radical (unpaired) electrons. The Morgan fingerprint density at radius 1 is 0.400 bits per heavy atom. The molecule has 6 saturated heterocycles. The molecular formula is C43H42O12. The fraction of sp³-hybridized carbons (Fsp3) is 0.442. The third-order valence-corrected chi connectivity index (χ3v) is 10.8. The molecule has 12 nitrogen and oxygen atoms in total. The van der Waals surface area contributed by atoms with E-state index in [0.717, 1.165) is 33.4 Å². The highest BCUT2D eigenvalue weighted by Crippen LogP contribution is 2.64. The highest BCUT2D eigenvalue weighted by molar-refractivity contribution is 5.89. The molecule has 6 fully saturated rings. The Labute approximate surface area is 318 Å². The molecule has 0 spiro atoms. The van der Waals surface area contributed by atoms with E-state index in [4.69, 9.17) is 56.8 Å². The van der Waals surface area contributed by atoms with E-state index in [1.807, 2.05) is 24.3 Å². The van der Waals surface area contributed by atoms with Gasteiger partial charge in [-0.15, -0.1) is 0 Å². The van der Waals surface area contributed by atoms with Crippen LogP contribution in [0, 0.1) is 0 Å². The Hall–Kier alpha value is -4.56. The summed E-state index contributed by atoms with van der Waals surface area (Å²) in [4.78, 5) is 0. The molecule has 12 heteroatoms. The number of rotatable bonds is 20. The van der Waals surface area contributed by atoms with Crippen LogP contribution in [-0.4, -0.2) is 116 Å². The van der Waals surface area contributed by atoms with Crippen molar-refractivity contribution in [3.8, 4) is 45.6 Å². The lowest BCUT2D eigenvalue weighted by Gasteiger charge is -2.38. The van der Waals surface area contributed by atoms with Crippen LogP contribution >= 0.6 is 0 Å². The summed E-state index contributed by atoms with van der Waals surface area (Å²) in [5.74, 6) is 3.62. The maximum absolute atomic E-state index is 6.86. The second-order valence-electron chi connectivity index (χ2n) is 15.0. The van der Waals surface area contributed by atoms with E-state index in [1.165, 1.54) is 0 Å². The average molecular weight is 751 g/mol. The van der Waals surface area contributed by atoms with Crippen LogP contribution in [0.25, 0.3) is 11.1 Å². The molecule has 0 bridgehead atoms. The van der Waals surface area contributed by atoms with Crippen molar-refractivity contribution in [1.29, 1.82) is 0 Å². The number of fused-ring (bicyclic) bond motifs is 3. The largest absolute Gasteiger partial charge is 0.491 e. The van der Waals surface area contributed by atoms with Crippen molar-refractivity contribution in [1.82, 2.24) is 0 Å². The highest BCUT2D eigenvalue weighted by atomic mass is 16.6. The first kappa shape index (κ1) is 33.8. The van der Waals surface area contributed by atoms with Gasteiger partial charge in [0.25, 0.3) is 0 Å². The second-order valence-corrected chi connectivity index (χ2v) is 15.0. The van der Waals surface area contributed by atoms with Gasteiger partial charge in [0.2, 0.25) is 0 Å². The molecule has 6 aliphatic heterocycles. The van der Waals surface area contributed by atoms with Gasteiger partial charge in [0.1, 0.15) is 111 Å². The topological polar surface area (TPSA) is 131 Å². The minimum atomic E-state index is -1.09. The number of benzene rings is 4. The first-order valence-corrected chi connectivity index (χ1v) is 19.2. The predicted molar refractivity (Wildman–Crippen MR) is 195 cm³/mol. The Bertz CT molecular complexity index is 1840. The van der Waals surface area contributed by atoms with Crippen LogP contribution in [0.1, 0.15) is 22.3 Å². The number of epoxide rings is 6. The lowest BCUT2D eigenvalue weighted by atomic mass is 9.66. The van der Waals surface area contributed by atoms with E-state index >= 15 is 0 Å². The molecule has 0 aromatic heterocycles. The van der Waals surface area contributed by atoms with Gasteiger partial charge in [-0.3, -0.25) is 0 Å². The van der Waals surface area contributed by atoms with Gasteiger partial charge in [-0.2, -0.15) is 0 Å². The van der Waals surface area contributed by atoms with Gasteiger partial charge in [0.15, 0.2) is 0 Å². The molecule has 286 valence electrons. The smallest absolute Gasteiger partial charge is 0.131 e. The van der Waals surface area contributed by atoms with E-state index in [-0.39, 0.29) is 36.6 Å². The molecule has 1 aliphatic carbocycles. The lowest BCUT2D eigenvalue weighted by Crippen LogP contribution is -2.32. The van der Waals surface area contributed by atoms with Crippen LogP contribution in [0.15, 0.2) is 72.8 Å². The minimum absolute atomic E-state index is 0.0117. The normalized spacial score (nSPS) is 26.6. The van der Waals surface area contributed by atoms with E-state index < -0.39 is 5.41 Å². The maximum atomic E-state index is 6.86. The Kier molecular flexibility index (Phi) is 8.51. The third-order valence-electron chi connectivity index (χ3n) is 10.8. The minimum Gasteiger partial charge on any atom is -0.491 e. The van der Waals surface area contributed by atoms with Crippen LogP contribution in [-0.2, 0) is 33.8 Å². The summed E-state index contributed by atoms with van der Waals surface area (Å²) in [6.07, 6.45) is 0.0747. The molecule has 0 amide bonds. The molecule has 11 rings (SSSR count). The molecule has 6 heterocycles. The molecule has 6 atom stereocenters. The average Bonchev–Trinajstić information content (AvgIpc) is 4.00. The van der Waals surface area contributed by atoms with Gasteiger partial charge >= 0.3 is 0 Å². The fourth-order valence-electron chi connectivity index (χ4n) is 7.49. The second kappa shape index (κ2) is 13.9. The van der Waals surface area contributed by atoms with Gasteiger partial charge in [-0.05, 0) is 22.3 Å². The number of hydrogen-bond donors (Lipinski definition) is 0. The van der Waals surface area contributed by atoms with Crippen LogP contribution in [0.5, 0.6) is 34.5 Å². The van der Waals surface area contributed by atoms with Crippen LogP contribution in [0.2, 0.25) is 0 Å².